The minimum Gasteiger partial charge on any atom is -0.467 e. The summed E-state index contributed by atoms with van der Waals surface area (Å²) in [5.41, 5.74) is 0. The van der Waals surface area contributed by atoms with Crippen LogP contribution in [0, 0.1) is 5.92 Å². The Morgan fingerprint density at radius 1 is 1.44 bits per heavy atom. The molecular formula is C14H21NO3. The van der Waals surface area contributed by atoms with Crippen molar-refractivity contribution in [2.45, 2.75) is 31.4 Å². The molecule has 1 aliphatic heterocycles. The lowest BCUT2D eigenvalue weighted by Gasteiger charge is -2.36. The molecule has 0 spiro atoms. The maximum absolute atomic E-state index is 10.2. The van der Waals surface area contributed by atoms with Gasteiger partial charge in [0.15, 0.2) is 0 Å². The number of morpholine rings is 1. The van der Waals surface area contributed by atoms with Crippen LogP contribution in [0.4, 0.5) is 0 Å². The number of aliphatic hydroxyl groups is 1. The van der Waals surface area contributed by atoms with Crippen molar-refractivity contribution in [3.05, 3.63) is 24.2 Å². The molecule has 100 valence electrons. The van der Waals surface area contributed by atoms with E-state index < -0.39 is 6.10 Å². The maximum Gasteiger partial charge on any atom is 0.132 e. The normalized spacial score (nSPS) is 27.3. The van der Waals surface area contributed by atoms with Gasteiger partial charge in [-0.1, -0.05) is 0 Å². The summed E-state index contributed by atoms with van der Waals surface area (Å²) in [5, 5.41) is 10.2. The molecule has 2 atom stereocenters. The van der Waals surface area contributed by atoms with Gasteiger partial charge in [0.05, 0.1) is 19.5 Å². The van der Waals surface area contributed by atoms with E-state index in [2.05, 4.69) is 4.90 Å². The molecule has 1 saturated heterocycles. The van der Waals surface area contributed by atoms with Gasteiger partial charge >= 0.3 is 0 Å². The minimum absolute atomic E-state index is 0.319. The molecule has 1 aliphatic carbocycles. The molecule has 3 rings (SSSR count). The van der Waals surface area contributed by atoms with Crippen molar-refractivity contribution in [3.8, 4) is 0 Å². The van der Waals surface area contributed by atoms with E-state index in [1.54, 1.807) is 6.26 Å². The van der Waals surface area contributed by atoms with Gasteiger partial charge < -0.3 is 14.3 Å². The van der Waals surface area contributed by atoms with E-state index in [9.17, 15) is 5.11 Å². The predicted octanol–water partition coefficient (Wildman–Crippen LogP) is 1.81. The summed E-state index contributed by atoms with van der Waals surface area (Å²) in [6.45, 7) is 3.70. The average Bonchev–Trinajstić information content (AvgIpc) is 3.02. The lowest BCUT2D eigenvalue weighted by atomic mass is 10.0. The van der Waals surface area contributed by atoms with Crippen molar-refractivity contribution in [2.24, 2.45) is 5.92 Å². The number of hydrogen-bond donors (Lipinski definition) is 1. The van der Waals surface area contributed by atoms with Crippen LogP contribution in [0.5, 0.6) is 0 Å². The van der Waals surface area contributed by atoms with Gasteiger partial charge in [0.2, 0.25) is 0 Å². The summed E-state index contributed by atoms with van der Waals surface area (Å²) >= 11 is 0. The molecule has 2 aliphatic rings. The van der Waals surface area contributed by atoms with E-state index in [0.29, 0.717) is 18.2 Å². The summed E-state index contributed by atoms with van der Waals surface area (Å²) in [5.74, 6) is 1.54. The second kappa shape index (κ2) is 5.43. The lowest BCUT2D eigenvalue weighted by molar-refractivity contribution is -0.0302. The van der Waals surface area contributed by atoms with Crippen molar-refractivity contribution in [2.75, 3.05) is 26.3 Å². The summed E-state index contributed by atoms with van der Waals surface area (Å²) < 4.78 is 10.8. The Bertz CT molecular complexity index is 361. The molecule has 2 heterocycles. The zero-order valence-electron chi connectivity index (χ0n) is 10.6. The Morgan fingerprint density at radius 2 is 2.33 bits per heavy atom. The van der Waals surface area contributed by atoms with Gasteiger partial charge in [-0.05, 0) is 37.3 Å². The van der Waals surface area contributed by atoms with Crippen molar-refractivity contribution in [1.82, 2.24) is 4.90 Å². The Morgan fingerprint density at radius 3 is 3.06 bits per heavy atom. The predicted molar refractivity (Wildman–Crippen MR) is 67.2 cm³/mol. The number of rotatable bonds is 5. The van der Waals surface area contributed by atoms with Crippen LogP contribution in [-0.4, -0.2) is 42.4 Å². The van der Waals surface area contributed by atoms with Crippen LogP contribution in [0.3, 0.4) is 0 Å². The third-order valence-corrected chi connectivity index (χ3v) is 3.91. The Labute approximate surface area is 108 Å². The first-order valence-corrected chi connectivity index (χ1v) is 6.86. The molecule has 0 amide bonds. The molecule has 2 unspecified atom stereocenters. The van der Waals surface area contributed by atoms with Crippen molar-refractivity contribution < 1.29 is 14.3 Å². The molecular weight excluding hydrogens is 230 g/mol. The zero-order chi connectivity index (χ0) is 12.4. The van der Waals surface area contributed by atoms with E-state index in [0.717, 1.165) is 25.7 Å². The van der Waals surface area contributed by atoms with Crippen LogP contribution in [-0.2, 0) is 4.74 Å². The number of ether oxygens (including phenoxy) is 1. The molecule has 0 radical (unpaired) electrons. The zero-order valence-corrected chi connectivity index (χ0v) is 10.6. The molecule has 4 nitrogen and oxygen atoms in total. The number of hydrogen-bond acceptors (Lipinski definition) is 4. The quantitative estimate of drug-likeness (QED) is 0.867. The molecule has 1 saturated carbocycles. The van der Waals surface area contributed by atoms with Crippen LogP contribution in [0.25, 0.3) is 0 Å². The largest absolute Gasteiger partial charge is 0.467 e. The van der Waals surface area contributed by atoms with Gasteiger partial charge in [-0.25, -0.2) is 0 Å². The van der Waals surface area contributed by atoms with Crippen molar-refractivity contribution in [1.29, 1.82) is 0 Å². The Hall–Kier alpha value is -0.840. The van der Waals surface area contributed by atoms with Gasteiger partial charge in [0.25, 0.3) is 0 Å². The minimum atomic E-state index is -0.520. The van der Waals surface area contributed by atoms with Gasteiger partial charge in [0.1, 0.15) is 11.9 Å². The van der Waals surface area contributed by atoms with E-state index in [-0.39, 0.29) is 0 Å². The van der Waals surface area contributed by atoms with E-state index >= 15 is 0 Å². The monoisotopic (exact) mass is 251 g/mol. The maximum atomic E-state index is 10.2. The fraction of sp³-hybridized carbons (Fsp3) is 0.714. The molecule has 18 heavy (non-hydrogen) atoms. The topological polar surface area (TPSA) is 45.8 Å². The third-order valence-electron chi connectivity index (χ3n) is 3.91. The highest BCUT2D eigenvalue weighted by molar-refractivity contribution is 5.02. The highest BCUT2D eigenvalue weighted by Crippen LogP contribution is 2.32. The van der Waals surface area contributed by atoms with Gasteiger partial charge in [0, 0.05) is 19.1 Å². The number of aliphatic hydroxyl groups excluding tert-OH is 1. The van der Waals surface area contributed by atoms with Crippen molar-refractivity contribution in [3.63, 3.8) is 0 Å². The van der Waals surface area contributed by atoms with Crippen LogP contribution in [0.2, 0.25) is 0 Å². The Kier molecular flexibility index (Phi) is 3.68. The van der Waals surface area contributed by atoms with E-state index in [4.69, 9.17) is 9.15 Å². The van der Waals surface area contributed by atoms with Crippen LogP contribution in [0.15, 0.2) is 22.8 Å². The SMILES string of the molecule is OC(CC1COCCN1CC1CC1)c1ccco1. The molecule has 0 aromatic carbocycles. The third kappa shape index (κ3) is 2.94. The van der Waals surface area contributed by atoms with Crippen LogP contribution in [0.1, 0.15) is 31.1 Å². The molecule has 1 aromatic rings. The summed E-state index contributed by atoms with van der Waals surface area (Å²) in [7, 11) is 0. The molecule has 4 heteroatoms. The van der Waals surface area contributed by atoms with Crippen LogP contribution < -0.4 is 0 Å². The smallest absolute Gasteiger partial charge is 0.132 e. The molecule has 1 aromatic heterocycles. The second-order valence-electron chi connectivity index (χ2n) is 5.43. The molecule has 1 N–H and O–H groups in total. The number of furan rings is 1. The lowest BCUT2D eigenvalue weighted by Crippen LogP contribution is -2.46. The Balaban J connectivity index is 1.58. The number of nitrogens with zero attached hydrogens (tertiary/aromatic N) is 1. The standard InChI is InChI=1S/C14H21NO3/c16-13(14-2-1-6-18-14)8-12-10-17-7-5-15(12)9-11-3-4-11/h1-2,6,11-13,16H,3-5,7-10H2. The molecule has 0 bridgehead atoms. The van der Waals surface area contributed by atoms with Gasteiger partial charge in [-0.15, -0.1) is 0 Å². The first kappa shape index (κ1) is 12.2. The summed E-state index contributed by atoms with van der Waals surface area (Å²) in [6.07, 6.45) is 4.52. The van der Waals surface area contributed by atoms with Gasteiger partial charge in [-0.2, -0.15) is 0 Å². The van der Waals surface area contributed by atoms with E-state index in [1.807, 2.05) is 12.1 Å². The van der Waals surface area contributed by atoms with Crippen LogP contribution >= 0.6 is 0 Å². The highest BCUT2D eigenvalue weighted by Gasteiger charge is 2.31. The molecule has 2 fully saturated rings. The second-order valence-corrected chi connectivity index (χ2v) is 5.43. The van der Waals surface area contributed by atoms with E-state index in [1.165, 1.54) is 19.4 Å². The summed E-state index contributed by atoms with van der Waals surface area (Å²) in [6, 6.07) is 3.97. The average molecular weight is 251 g/mol. The fourth-order valence-corrected chi connectivity index (χ4v) is 2.63. The first-order chi connectivity index (χ1) is 8.83. The first-order valence-electron chi connectivity index (χ1n) is 6.86. The van der Waals surface area contributed by atoms with Gasteiger partial charge in [-0.3, -0.25) is 4.90 Å². The fourth-order valence-electron chi connectivity index (χ4n) is 2.63. The van der Waals surface area contributed by atoms with Crippen molar-refractivity contribution >= 4 is 0 Å². The highest BCUT2D eigenvalue weighted by atomic mass is 16.5. The summed E-state index contributed by atoms with van der Waals surface area (Å²) in [4.78, 5) is 2.48.